The Morgan fingerprint density at radius 3 is 2.32 bits per heavy atom. The molecule has 34 heavy (non-hydrogen) atoms. The molecule has 0 spiro atoms. The number of halogens is 3. The molecule has 0 radical (unpaired) electrons. The predicted octanol–water partition coefficient (Wildman–Crippen LogP) is 5.10. The van der Waals surface area contributed by atoms with Gasteiger partial charge in [0.2, 0.25) is 0 Å². The van der Waals surface area contributed by atoms with E-state index in [0.29, 0.717) is 33.2 Å². The van der Waals surface area contributed by atoms with Crippen molar-refractivity contribution in [3.63, 3.8) is 0 Å². The van der Waals surface area contributed by atoms with Crippen molar-refractivity contribution in [2.45, 2.75) is 45.3 Å². The second kappa shape index (κ2) is 9.47. The number of hydrogen-bond acceptors (Lipinski definition) is 5. The number of aromatic nitrogens is 1. The molecular weight excluding hydrogens is 453 g/mol. The van der Waals surface area contributed by atoms with Crippen molar-refractivity contribution in [2.75, 3.05) is 6.61 Å². The summed E-state index contributed by atoms with van der Waals surface area (Å²) in [6, 6.07) is 10.2. The lowest BCUT2D eigenvalue weighted by molar-refractivity contribution is -0.274. The largest absolute Gasteiger partial charge is 0.573 e. The van der Waals surface area contributed by atoms with Crippen LogP contribution in [0.1, 0.15) is 38.0 Å². The van der Waals surface area contributed by atoms with Gasteiger partial charge >= 0.3 is 12.5 Å². The fourth-order valence-electron chi connectivity index (χ4n) is 3.76. The number of pyridine rings is 1. The minimum atomic E-state index is -4.82. The average molecular weight is 478 g/mol. The first-order valence-electron chi connectivity index (χ1n) is 10.4. The van der Waals surface area contributed by atoms with Crippen LogP contribution >= 0.6 is 0 Å². The Bertz CT molecular complexity index is 1170. The molecule has 7 nitrogen and oxygen atoms in total. The van der Waals surface area contributed by atoms with Gasteiger partial charge in [-0.2, -0.15) is 0 Å². The number of benzene rings is 2. The fraction of sp³-hybridized carbons (Fsp3) is 0.333. The normalized spacial score (nSPS) is 13.1. The van der Waals surface area contributed by atoms with Crippen LogP contribution < -0.4 is 4.74 Å². The van der Waals surface area contributed by atoms with Gasteiger partial charge in [-0.25, -0.2) is 4.79 Å². The lowest BCUT2D eigenvalue weighted by Crippen LogP contribution is -2.44. The molecule has 0 bridgehead atoms. The van der Waals surface area contributed by atoms with E-state index in [2.05, 4.69) is 9.72 Å². The molecule has 182 valence electrons. The summed E-state index contributed by atoms with van der Waals surface area (Å²) < 4.78 is 41.5. The quantitative estimate of drug-likeness (QED) is 0.455. The van der Waals surface area contributed by atoms with Gasteiger partial charge in [-0.15, -0.1) is 13.2 Å². The highest BCUT2D eigenvalue weighted by Crippen LogP contribution is 2.37. The SMILES string of the molecule is CC(C)(C)N(Cc1cc(-c2ccc(OC(F)(F)F)cc2)c2ncccc2c1[C@@H](O)CO)C(=O)O. The second-order valence-corrected chi connectivity index (χ2v) is 8.71. The van der Waals surface area contributed by atoms with E-state index < -0.39 is 30.7 Å². The summed E-state index contributed by atoms with van der Waals surface area (Å²) in [7, 11) is 0. The molecule has 0 aliphatic rings. The molecule has 3 aromatic rings. The molecule has 10 heteroatoms. The van der Waals surface area contributed by atoms with E-state index in [-0.39, 0.29) is 12.3 Å². The zero-order valence-corrected chi connectivity index (χ0v) is 18.8. The lowest BCUT2D eigenvalue weighted by Gasteiger charge is -2.34. The highest BCUT2D eigenvalue weighted by molar-refractivity contribution is 5.97. The monoisotopic (exact) mass is 478 g/mol. The van der Waals surface area contributed by atoms with Gasteiger partial charge in [-0.3, -0.25) is 9.88 Å². The number of ether oxygens (including phenoxy) is 1. The Morgan fingerprint density at radius 1 is 1.15 bits per heavy atom. The molecule has 0 saturated heterocycles. The minimum absolute atomic E-state index is 0.0989. The van der Waals surface area contributed by atoms with E-state index in [4.69, 9.17) is 0 Å². The summed E-state index contributed by atoms with van der Waals surface area (Å²) in [4.78, 5) is 17.6. The number of aliphatic hydroxyl groups excluding tert-OH is 2. The van der Waals surface area contributed by atoms with Crippen molar-refractivity contribution in [3.05, 3.63) is 59.8 Å². The predicted molar refractivity (Wildman–Crippen MR) is 119 cm³/mol. The Balaban J connectivity index is 2.22. The van der Waals surface area contributed by atoms with Crippen LogP contribution in [-0.2, 0) is 6.54 Å². The van der Waals surface area contributed by atoms with Crippen LogP contribution in [0.25, 0.3) is 22.0 Å². The number of carboxylic acid groups (broad SMARTS) is 1. The maximum absolute atomic E-state index is 12.5. The van der Waals surface area contributed by atoms with E-state index in [0.717, 1.165) is 0 Å². The van der Waals surface area contributed by atoms with E-state index >= 15 is 0 Å². The van der Waals surface area contributed by atoms with Crippen LogP contribution in [0.4, 0.5) is 18.0 Å². The Morgan fingerprint density at radius 2 is 1.79 bits per heavy atom. The number of aliphatic hydroxyl groups is 2. The molecule has 0 saturated carbocycles. The highest BCUT2D eigenvalue weighted by atomic mass is 19.4. The molecule has 1 amide bonds. The van der Waals surface area contributed by atoms with E-state index in [1.54, 1.807) is 39.0 Å². The number of carbonyl (C=O) groups is 1. The second-order valence-electron chi connectivity index (χ2n) is 8.71. The van der Waals surface area contributed by atoms with Crippen LogP contribution in [0.15, 0.2) is 48.7 Å². The van der Waals surface area contributed by atoms with E-state index in [1.807, 2.05) is 0 Å². The van der Waals surface area contributed by atoms with Gasteiger partial charge in [0.15, 0.2) is 0 Å². The average Bonchev–Trinajstić information content (AvgIpc) is 2.74. The molecule has 3 N–H and O–H groups in total. The fourth-order valence-corrected chi connectivity index (χ4v) is 3.76. The molecule has 0 aliphatic heterocycles. The number of nitrogens with zero attached hydrogens (tertiary/aromatic N) is 2. The Kier molecular flexibility index (Phi) is 7.04. The molecule has 1 heterocycles. The summed E-state index contributed by atoms with van der Waals surface area (Å²) in [6.45, 7) is 4.49. The first kappa shape index (κ1) is 25.3. The van der Waals surface area contributed by atoms with Crippen molar-refractivity contribution in [2.24, 2.45) is 0 Å². The zero-order valence-electron chi connectivity index (χ0n) is 18.8. The van der Waals surface area contributed by atoms with Crippen molar-refractivity contribution in [1.29, 1.82) is 0 Å². The van der Waals surface area contributed by atoms with E-state index in [9.17, 15) is 33.3 Å². The molecule has 0 aliphatic carbocycles. The molecule has 0 fully saturated rings. The van der Waals surface area contributed by atoms with Crippen molar-refractivity contribution >= 4 is 17.0 Å². The minimum Gasteiger partial charge on any atom is -0.465 e. The van der Waals surface area contributed by atoms with Crippen LogP contribution in [0.2, 0.25) is 0 Å². The third-order valence-corrected chi connectivity index (χ3v) is 5.29. The third kappa shape index (κ3) is 5.57. The number of fused-ring (bicyclic) bond motifs is 1. The number of hydrogen-bond donors (Lipinski definition) is 3. The van der Waals surface area contributed by atoms with Gasteiger partial charge in [-0.05, 0) is 61.7 Å². The Labute approximate surface area is 194 Å². The number of amides is 1. The number of alkyl halides is 3. The highest BCUT2D eigenvalue weighted by Gasteiger charge is 2.31. The molecule has 1 aromatic heterocycles. The topological polar surface area (TPSA) is 103 Å². The van der Waals surface area contributed by atoms with Crippen LogP contribution in [0.5, 0.6) is 5.75 Å². The summed E-state index contributed by atoms with van der Waals surface area (Å²) in [6.07, 6.45) is -5.76. The lowest BCUT2D eigenvalue weighted by atomic mass is 9.90. The smallest absolute Gasteiger partial charge is 0.465 e. The van der Waals surface area contributed by atoms with Gasteiger partial charge in [0.25, 0.3) is 0 Å². The summed E-state index contributed by atoms with van der Waals surface area (Å²) >= 11 is 0. The number of rotatable bonds is 6. The summed E-state index contributed by atoms with van der Waals surface area (Å²) in [5.74, 6) is -0.383. The molecule has 2 aromatic carbocycles. The van der Waals surface area contributed by atoms with Crippen LogP contribution in [0, 0.1) is 0 Å². The molecule has 1 atom stereocenters. The van der Waals surface area contributed by atoms with Crippen molar-refractivity contribution in [1.82, 2.24) is 9.88 Å². The maximum atomic E-state index is 12.5. The first-order chi connectivity index (χ1) is 15.8. The molecule has 0 unspecified atom stereocenters. The molecular formula is C24H25F3N2O5. The van der Waals surface area contributed by atoms with Crippen LogP contribution in [-0.4, -0.2) is 49.8 Å². The van der Waals surface area contributed by atoms with Crippen LogP contribution in [0.3, 0.4) is 0 Å². The molecule has 3 rings (SSSR count). The summed E-state index contributed by atoms with van der Waals surface area (Å²) in [5.41, 5.74) is 1.48. The standard InChI is InChI=1S/C24H25F3N2O5/c1-23(2,3)29(22(32)33)12-15-11-18(14-6-8-16(9-7-14)34-24(25,26)27)21-17(5-4-10-28-21)20(15)19(31)13-30/h4-11,19,30-31H,12-13H2,1-3H3,(H,32,33)/t19-/m0/s1. The van der Waals surface area contributed by atoms with Crippen molar-refractivity contribution < 1.29 is 38.0 Å². The van der Waals surface area contributed by atoms with Gasteiger partial charge in [0.05, 0.1) is 12.1 Å². The first-order valence-corrected chi connectivity index (χ1v) is 10.4. The van der Waals surface area contributed by atoms with Gasteiger partial charge < -0.3 is 20.1 Å². The summed E-state index contributed by atoms with van der Waals surface area (Å²) in [5, 5.41) is 30.5. The van der Waals surface area contributed by atoms with Crippen molar-refractivity contribution in [3.8, 4) is 16.9 Å². The van der Waals surface area contributed by atoms with Gasteiger partial charge in [-0.1, -0.05) is 18.2 Å². The Hall–Kier alpha value is -3.37. The zero-order chi connectivity index (χ0) is 25.3. The van der Waals surface area contributed by atoms with E-state index in [1.165, 1.54) is 35.4 Å². The van der Waals surface area contributed by atoms with Gasteiger partial charge in [0, 0.05) is 29.2 Å². The maximum Gasteiger partial charge on any atom is 0.573 e. The third-order valence-electron chi connectivity index (χ3n) is 5.29. The van der Waals surface area contributed by atoms with Gasteiger partial charge in [0.1, 0.15) is 11.9 Å².